The zero-order valence-electron chi connectivity index (χ0n) is 10.4. The molecule has 0 unspecified atom stereocenters. The molecule has 0 aromatic heterocycles. The van der Waals surface area contributed by atoms with Crippen molar-refractivity contribution in [3.63, 3.8) is 0 Å². The molecule has 0 N–H and O–H groups in total. The summed E-state index contributed by atoms with van der Waals surface area (Å²) in [5.74, 6) is 0.890. The molecule has 0 amide bonds. The molecular formula is C14H18ClNO. The van der Waals surface area contributed by atoms with Crippen LogP contribution in [0.2, 0.25) is 5.02 Å². The van der Waals surface area contributed by atoms with Crippen LogP contribution in [0.25, 0.3) is 0 Å². The number of halogens is 1. The maximum atomic E-state index is 11.6. The minimum absolute atomic E-state index is 0.107. The molecule has 0 radical (unpaired) electrons. The van der Waals surface area contributed by atoms with Crippen molar-refractivity contribution in [1.29, 1.82) is 0 Å². The number of hydrogen-bond donors (Lipinski definition) is 0. The number of ketones is 1. The molecule has 1 saturated heterocycles. The summed E-state index contributed by atoms with van der Waals surface area (Å²) in [5, 5.41) is 0.698. The third-order valence-electron chi connectivity index (χ3n) is 3.46. The van der Waals surface area contributed by atoms with Gasteiger partial charge in [0.05, 0.1) is 0 Å². The first-order chi connectivity index (χ1) is 8.08. The van der Waals surface area contributed by atoms with Crippen molar-refractivity contribution in [3.05, 3.63) is 28.8 Å². The van der Waals surface area contributed by atoms with Gasteiger partial charge in [-0.1, -0.05) is 18.5 Å². The van der Waals surface area contributed by atoms with E-state index in [1.165, 1.54) is 12.8 Å². The molecule has 1 heterocycles. The summed E-state index contributed by atoms with van der Waals surface area (Å²) < 4.78 is 0. The number of rotatable bonds is 2. The van der Waals surface area contributed by atoms with Crippen LogP contribution in [0.1, 0.15) is 37.0 Å². The quantitative estimate of drug-likeness (QED) is 0.746. The number of hydrogen-bond acceptors (Lipinski definition) is 2. The Morgan fingerprint density at radius 1 is 1.35 bits per heavy atom. The molecule has 1 aromatic carbocycles. The Kier molecular flexibility index (Phi) is 3.72. The highest BCUT2D eigenvalue weighted by Crippen LogP contribution is 2.29. The Balaban J connectivity index is 2.30. The highest BCUT2D eigenvalue weighted by Gasteiger charge is 2.19. The minimum Gasteiger partial charge on any atom is -0.371 e. The molecule has 0 spiro atoms. The molecule has 17 heavy (non-hydrogen) atoms. The van der Waals surface area contributed by atoms with Gasteiger partial charge in [-0.3, -0.25) is 4.79 Å². The molecular weight excluding hydrogens is 234 g/mol. The van der Waals surface area contributed by atoms with Crippen LogP contribution in [0.3, 0.4) is 0 Å². The van der Waals surface area contributed by atoms with Gasteiger partial charge in [-0.15, -0.1) is 0 Å². The highest BCUT2D eigenvalue weighted by atomic mass is 35.5. The number of nitrogens with zero attached hydrogens (tertiary/aromatic N) is 1. The fourth-order valence-corrected chi connectivity index (χ4v) is 2.48. The van der Waals surface area contributed by atoms with Crippen LogP contribution in [-0.2, 0) is 0 Å². The number of piperidine rings is 1. The van der Waals surface area contributed by atoms with Gasteiger partial charge in [0, 0.05) is 29.4 Å². The Morgan fingerprint density at radius 2 is 2.00 bits per heavy atom. The maximum absolute atomic E-state index is 11.6. The number of anilines is 1. The molecule has 0 aliphatic carbocycles. The molecule has 92 valence electrons. The van der Waals surface area contributed by atoms with E-state index in [0.717, 1.165) is 30.3 Å². The van der Waals surface area contributed by atoms with E-state index in [9.17, 15) is 4.79 Å². The second kappa shape index (κ2) is 5.09. The zero-order valence-corrected chi connectivity index (χ0v) is 11.1. The van der Waals surface area contributed by atoms with Crippen LogP contribution in [0, 0.1) is 5.92 Å². The molecule has 0 bridgehead atoms. The molecule has 1 fully saturated rings. The Hall–Kier alpha value is -1.02. The fraction of sp³-hybridized carbons (Fsp3) is 0.500. The normalized spacial score (nSPS) is 17.2. The molecule has 0 saturated carbocycles. The van der Waals surface area contributed by atoms with E-state index in [1.807, 2.05) is 12.1 Å². The highest BCUT2D eigenvalue weighted by molar-refractivity contribution is 6.31. The van der Waals surface area contributed by atoms with E-state index in [4.69, 9.17) is 11.6 Å². The summed E-state index contributed by atoms with van der Waals surface area (Å²) in [4.78, 5) is 13.9. The van der Waals surface area contributed by atoms with Gasteiger partial charge < -0.3 is 4.90 Å². The van der Waals surface area contributed by atoms with Gasteiger partial charge >= 0.3 is 0 Å². The van der Waals surface area contributed by atoms with Crippen molar-refractivity contribution in [2.24, 2.45) is 5.92 Å². The predicted octanol–water partition coefficient (Wildman–Crippen LogP) is 3.78. The summed E-state index contributed by atoms with van der Waals surface area (Å²) in [6, 6.07) is 5.53. The lowest BCUT2D eigenvalue weighted by Crippen LogP contribution is -2.33. The Labute approximate surface area is 108 Å². The fourth-order valence-electron chi connectivity index (χ4n) is 2.31. The van der Waals surface area contributed by atoms with Crippen molar-refractivity contribution in [1.82, 2.24) is 0 Å². The Bertz CT molecular complexity index is 422. The molecule has 2 rings (SSSR count). The first-order valence-corrected chi connectivity index (χ1v) is 6.51. The standard InChI is InChI=1S/C14H18ClNO/c1-10-5-7-16(8-6-10)14-9-12(15)3-4-13(14)11(2)17/h3-4,9-10H,5-8H2,1-2H3. The van der Waals surface area contributed by atoms with E-state index in [0.29, 0.717) is 5.02 Å². The third kappa shape index (κ3) is 2.81. The van der Waals surface area contributed by atoms with E-state index in [-0.39, 0.29) is 5.78 Å². The van der Waals surface area contributed by atoms with Gasteiger partial charge in [0.2, 0.25) is 0 Å². The van der Waals surface area contributed by atoms with Gasteiger partial charge in [-0.05, 0) is 43.9 Å². The van der Waals surface area contributed by atoms with Crippen molar-refractivity contribution in [2.45, 2.75) is 26.7 Å². The Morgan fingerprint density at radius 3 is 2.59 bits per heavy atom. The smallest absolute Gasteiger partial charge is 0.161 e. The summed E-state index contributed by atoms with van der Waals surface area (Å²) in [7, 11) is 0. The van der Waals surface area contributed by atoms with Gasteiger partial charge in [-0.2, -0.15) is 0 Å². The SMILES string of the molecule is CC(=O)c1ccc(Cl)cc1N1CCC(C)CC1. The van der Waals surface area contributed by atoms with Crippen molar-refractivity contribution in [3.8, 4) is 0 Å². The topological polar surface area (TPSA) is 20.3 Å². The third-order valence-corrected chi connectivity index (χ3v) is 3.70. The van der Waals surface area contributed by atoms with Gasteiger partial charge in [0.25, 0.3) is 0 Å². The summed E-state index contributed by atoms with van der Waals surface area (Å²) in [6.07, 6.45) is 2.37. The predicted molar refractivity (Wildman–Crippen MR) is 72.1 cm³/mol. The van der Waals surface area contributed by atoms with Gasteiger partial charge in [0.1, 0.15) is 0 Å². The van der Waals surface area contributed by atoms with Crippen LogP contribution >= 0.6 is 11.6 Å². The molecule has 0 atom stereocenters. The number of carbonyl (C=O) groups is 1. The lowest BCUT2D eigenvalue weighted by molar-refractivity contribution is 0.101. The number of benzene rings is 1. The molecule has 1 aromatic rings. The minimum atomic E-state index is 0.107. The van der Waals surface area contributed by atoms with Crippen LogP contribution in [-0.4, -0.2) is 18.9 Å². The van der Waals surface area contributed by atoms with Crippen LogP contribution < -0.4 is 4.90 Å². The van der Waals surface area contributed by atoms with Crippen LogP contribution in [0.4, 0.5) is 5.69 Å². The lowest BCUT2D eigenvalue weighted by atomic mass is 9.97. The molecule has 1 aliphatic rings. The van der Waals surface area contributed by atoms with E-state index in [2.05, 4.69) is 11.8 Å². The first kappa shape index (κ1) is 12.4. The number of carbonyl (C=O) groups excluding carboxylic acids is 1. The van der Waals surface area contributed by atoms with E-state index in [1.54, 1.807) is 13.0 Å². The average Bonchev–Trinajstić information content (AvgIpc) is 2.29. The van der Waals surface area contributed by atoms with Crippen LogP contribution in [0.15, 0.2) is 18.2 Å². The summed E-state index contributed by atoms with van der Waals surface area (Å²) in [6.45, 7) is 5.92. The van der Waals surface area contributed by atoms with Crippen molar-refractivity contribution in [2.75, 3.05) is 18.0 Å². The lowest BCUT2D eigenvalue weighted by Gasteiger charge is -2.33. The van der Waals surface area contributed by atoms with E-state index >= 15 is 0 Å². The summed E-state index contributed by atoms with van der Waals surface area (Å²) in [5.41, 5.74) is 1.78. The van der Waals surface area contributed by atoms with Crippen molar-refractivity contribution < 1.29 is 4.79 Å². The molecule has 2 nitrogen and oxygen atoms in total. The largest absolute Gasteiger partial charge is 0.371 e. The van der Waals surface area contributed by atoms with Gasteiger partial charge in [0.15, 0.2) is 5.78 Å². The van der Waals surface area contributed by atoms with Crippen LogP contribution in [0.5, 0.6) is 0 Å². The molecule has 3 heteroatoms. The number of Topliss-reactive ketones (excluding diaryl/α,β-unsaturated/α-hetero) is 1. The average molecular weight is 252 g/mol. The monoisotopic (exact) mass is 251 g/mol. The zero-order chi connectivity index (χ0) is 12.4. The van der Waals surface area contributed by atoms with E-state index < -0.39 is 0 Å². The first-order valence-electron chi connectivity index (χ1n) is 6.13. The molecule has 1 aliphatic heterocycles. The second-order valence-electron chi connectivity index (χ2n) is 4.89. The van der Waals surface area contributed by atoms with Gasteiger partial charge in [-0.25, -0.2) is 0 Å². The maximum Gasteiger partial charge on any atom is 0.161 e. The van der Waals surface area contributed by atoms with Crippen molar-refractivity contribution >= 4 is 23.1 Å². The summed E-state index contributed by atoms with van der Waals surface area (Å²) >= 11 is 6.03. The second-order valence-corrected chi connectivity index (χ2v) is 5.32.